The Bertz CT molecular complexity index is 1660. The number of aliphatic hydroxyl groups is 5. The molecule has 494 valence electrons. The van der Waals surface area contributed by atoms with E-state index < -0.39 is 67.4 Å². The van der Waals surface area contributed by atoms with Crippen LogP contribution in [0.25, 0.3) is 0 Å². The fourth-order valence-corrected chi connectivity index (χ4v) is 10.9. The molecular formula is C74H133NO10. The first-order valence-electron chi connectivity index (χ1n) is 35.7. The summed E-state index contributed by atoms with van der Waals surface area (Å²) in [5.74, 6) is -1.25. The Morgan fingerprint density at radius 2 is 0.812 bits per heavy atom. The second kappa shape index (κ2) is 61.3. The summed E-state index contributed by atoms with van der Waals surface area (Å²) in [7, 11) is 0. The molecule has 1 rings (SSSR count). The summed E-state index contributed by atoms with van der Waals surface area (Å²) in [5, 5.41) is 57.1. The van der Waals surface area contributed by atoms with Crippen molar-refractivity contribution in [2.45, 2.75) is 372 Å². The zero-order valence-electron chi connectivity index (χ0n) is 55.0. The molecule has 85 heavy (non-hydrogen) atoms. The van der Waals surface area contributed by atoms with E-state index in [0.717, 1.165) is 70.6 Å². The minimum Gasteiger partial charge on any atom is -0.454 e. The van der Waals surface area contributed by atoms with Crippen LogP contribution in [-0.4, -0.2) is 99.6 Å². The highest BCUT2D eigenvalue weighted by molar-refractivity contribution is 5.80. The molecule has 0 aromatic carbocycles. The number of hydrogen-bond donors (Lipinski definition) is 6. The first-order valence-corrected chi connectivity index (χ1v) is 35.7. The predicted molar refractivity (Wildman–Crippen MR) is 356 cm³/mol. The topological polar surface area (TPSA) is 175 Å². The molecule has 6 N–H and O–H groups in total. The quantitative estimate of drug-likeness (QED) is 0.0195. The van der Waals surface area contributed by atoms with Gasteiger partial charge in [0.05, 0.1) is 25.4 Å². The Hall–Kier alpha value is -2.90. The minimum atomic E-state index is -1.62. The van der Waals surface area contributed by atoms with Crippen LogP contribution in [0.2, 0.25) is 0 Å². The van der Waals surface area contributed by atoms with E-state index in [1.54, 1.807) is 6.08 Å². The van der Waals surface area contributed by atoms with Gasteiger partial charge in [0.1, 0.15) is 24.4 Å². The van der Waals surface area contributed by atoms with Crippen molar-refractivity contribution in [1.82, 2.24) is 5.32 Å². The molecule has 0 bridgehead atoms. The van der Waals surface area contributed by atoms with Gasteiger partial charge < -0.3 is 45.1 Å². The summed E-state index contributed by atoms with van der Waals surface area (Å²) >= 11 is 0. The van der Waals surface area contributed by atoms with Gasteiger partial charge in [0.2, 0.25) is 5.91 Å². The number of ether oxygens (including phenoxy) is 3. The van der Waals surface area contributed by atoms with Crippen LogP contribution in [0.4, 0.5) is 0 Å². The number of rotatable bonds is 61. The number of carbonyl (C=O) groups is 2. The molecule has 1 saturated heterocycles. The van der Waals surface area contributed by atoms with E-state index in [0.29, 0.717) is 12.8 Å². The van der Waals surface area contributed by atoms with E-state index in [1.165, 1.54) is 205 Å². The third-order valence-electron chi connectivity index (χ3n) is 16.6. The normalized spacial score (nSPS) is 18.8. The van der Waals surface area contributed by atoms with Crippen LogP contribution in [0, 0.1) is 0 Å². The van der Waals surface area contributed by atoms with Gasteiger partial charge in [0.15, 0.2) is 12.4 Å². The third-order valence-corrected chi connectivity index (χ3v) is 16.6. The lowest BCUT2D eigenvalue weighted by Crippen LogP contribution is -2.61. The van der Waals surface area contributed by atoms with Crippen LogP contribution in [0.5, 0.6) is 0 Å². The van der Waals surface area contributed by atoms with Crippen LogP contribution >= 0.6 is 0 Å². The van der Waals surface area contributed by atoms with Crippen molar-refractivity contribution in [2.75, 3.05) is 13.2 Å². The maximum Gasteiger partial charge on any atom is 0.306 e. The van der Waals surface area contributed by atoms with E-state index in [-0.39, 0.29) is 19.4 Å². The maximum atomic E-state index is 13.4. The molecule has 0 radical (unpaired) electrons. The zero-order chi connectivity index (χ0) is 61.7. The van der Waals surface area contributed by atoms with Gasteiger partial charge in [-0.15, -0.1) is 0 Å². The number of unbranched alkanes of at least 4 members (excludes halogenated alkanes) is 37. The Morgan fingerprint density at radius 1 is 0.459 bits per heavy atom. The first kappa shape index (κ1) is 80.1. The number of aliphatic hydroxyl groups excluding tert-OH is 5. The molecule has 11 nitrogen and oxygen atoms in total. The van der Waals surface area contributed by atoms with Crippen LogP contribution in [0.1, 0.15) is 323 Å². The molecule has 0 aromatic heterocycles. The number of allylic oxidation sites excluding steroid dienone is 11. The van der Waals surface area contributed by atoms with Gasteiger partial charge >= 0.3 is 5.97 Å². The predicted octanol–water partition coefficient (Wildman–Crippen LogP) is 18.3. The van der Waals surface area contributed by atoms with Crippen LogP contribution in [-0.2, 0) is 23.8 Å². The van der Waals surface area contributed by atoms with E-state index in [4.69, 9.17) is 14.2 Å². The summed E-state index contributed by atoms with van der Waals surface area (Å²) in [6.07, 6.45) is 69.6. The van der Waals surface area contributed by atoms with Crippen molar-refractivity contribution in [2.24, 2.45) is 0 Å². The summed E-state index contributed by atoms with van der Waals surface area (Å²) in [4.78, 5) is 26.6. The Morgan fingerprint density at radius 3 is 1.25 bits per heavy atom. The van der Waals surface area contributed by atoms with Gasteiger partial charge in [-0.2, -0.15) is 0 Å². The zero-order valence-corrected chi connectivity index (χ0v) is 55.0. The average Bonchev–Trinajstić information content (AvgIpc) is 3.13. The molecule has 8 atom stereocenters. The second-order valence-electron chi connectivity index (χ2n) is 24.6. The van der Waals surface area contributed by atoms with E-state index in [1.807, 2.05) is 18.2 Å². The molecule has 1 heterocycles. The molecule has 0 saturated carbocycles. The van der Waals surface area contributed by atoms with Crippen molar-refractivity contribution < 1.29 is 49.3 Å². The Labute approximate surface area is 521 Å². The molecule has 0 spiro atoms. The Kier molecular flexibility index (Phi) is 57.8. The molecular weight excluding hydrogens is 1060 g/mol. The van der Waals surface area contributed by atoms with Crippen molar-refractivity contribution >= 4 is 11.9 Å². The fourth-order valence-electron chi connectivity index (χ4n) is 10.9. The van der Waals surface area contributed by atoms with Gasteiger partial charge in [-0.05, 0) is 89.9 Å². The molecule has 8 unspecified atom stereocenters. The molecule has 1 amide bonds. The number of hydrogen-bond acceptors (Lipinski definition) is 10. The fraction of sp³-hybridized carbons (Fsp3) is 0.811. The standard InChI is InChI=1S/C74H133NO10/c1-4-7-10-13-16-19-22-25-27-29-30-31-32-33-34-35-36-37-38-39-41-44-47-50-53-56-59-62-69(79)85-72-71(81)70(80)68(63-76)84-74(72)83-64-65(66(77)60-57-54-51-48-45-42-24-21-18-15-12-9-6-3)75-73(82)67(78)61-58-55-52-49-46-43-40-28-26-23-20-17-14-11-8-5-2/h17,20,25-28,43,46,52,55,57,60,65-68,70-72,74,76-78,80-81H,4-16,18-19,21-24,29-42,44-45,47-51,53-54,56,58-59,61-64H2,1-3H3,(H,75,82)/b20-17-,27-25+,28-26-,46-43-,55-52-,60-57+. The van der Waals surface area contributed by atoms with Crippen LogP contribution < -0.4 is 5.32 Å². The van der Waals surface area contributed by atoms with E-state index in [2.05, 4.69) is 74.7 Å². The lowest BCUT2D eigenvalue weighted by molar-refractivity contribution is -0.305. The van der Waals surface area contributed by atoms with Gasteiger partial charge in [-0.25, -0.2) is 0 Å². The van der Waals surface area contributed by atoms with Gasteiger partial charge in [-0.1, -0.05) is 299 Å². The lowest BCUT2D eigenvalue weighted by Gasteiger charge is -2.41. The SMILES string of the molecule is CCCCC/C=C\C/C=C\C/C=C\C/C=C\CCC(O)C(=O)NC(COC1OC(CO)C(O)C(O)C1OC(=O)CCCCCCCCCCCCCCCCCCC/C=C/CCCCCCCC)C(O)/C=C/CCCCCCCCCCCCC. The number of carbonyl (C=O) groups excluding carboxylic acids is 2. The summed E-state index contributed by atoms with van der Waals surface area (Å²) in [6, 6.07) is -1.05. The lowest BCUT2D eigenvalue weighted by atomic mass is 9.99. The third kappa shape index (κ3) is 48.7. The highest BCUT2D eigenvalue weighted by atomic mass is 16.7. The molecule has 1 aliphatic rings. The highest BCUT2D eigenvalue weighted by Crippen LogP contribution is 2.26. The smallest absolute Gasteiger partial charge is 0.306 e. The largest absolute Gasteiger partial charge is 0.454 e. The van der Waals surface area contributed by atoms with Gasteiger partial charge in [0, 0.05) is 6.42 Å². The summed E-state index contributed by atoms with van der Waals surface area (Å²) in [5.41, 5.74) is 0. The van der Waals surface area contributed by atoms with Crippen molar-refractivity contribution in [3.63, 3.8) is 0 Å². The number of esters is 1. The molecule has 11 heteroatoms. The van der Waals surface area contributed by atoms with Crippen LogP contribution in [0.15, 0.2) is 72.9 Å². The first-order chi connectivity index (χ1) is 41.7. The highest BCUT2D eigenvalue weighted by Gasteiger charge is 2.47. The monoisotopic (exact) mass is 1200 g/mol. The van der Waals surface area contributed by atoms with E-state index >= 15 is 0 Å². The molecule has 1 aliphatic heterocycles. The minimum absolute atomic E-state index is 0.118. The van der Waals surface area contributed by atoms with Crippen molar-refractivity contribution in [1.29, 1.82) is 0 Å². The van der Waals surface area contributed by atoms with E-state index in [9.17, 15) is 35.1 Å². The van der Waals surface area contributed by atoms with Crippen LogP contribution in [0.3, 0.4) is 0 Å². The molecule has 0 aliphatic carbocycles. The second-order valence-corrected chi connectivity index (χ2v) is 24.6. The maximum absolute atomic E-state index is 13.4. The molecule has 1 fully saturated rings. The summed E-state index contributed by atoms with van der Waals surface area (Å²) < 4.78 is 17.7. The number of amides is 1. The van der Waals surface area contributed by atoms with Crippen molar-refractivity contribution in [3.05, 3.63) is 72.9 Å². The Balaban J connectivity index is 2.57. The van der Waals surface area contributed by atoms with Gasteiger partial charge in [-0.3, -0.25) is 9.59 Å². The molecule has 0 aromatic rings. The number of nitrogens with one attached hydrogen (secondary N) is 1. The van der Waals surface area contributed by atoms with Gasteiger partial charge in [0.25, 0.3) is 0 Å². The summed E-state index contributed by atoms with van der Waals surface area (Å²) in [6.45, 7) is 5.76. The van der Waals surface area contributed by atoms with Crippen molar-refractivity contribution in [3.8, 4) is 0 Å². The average molecular weight is 1200 g/mol.